The van der Waals surface area contributed by atoms with Gasteiger partial charge in [-0.2, -0.15) is 0 Å². The van der Waals surface area contributed by atoms with E-state index < -0.39 is 0 Å². The smallest absolute Gasteiger partial charge is 0.123 e. The summed E-state index contributed by atoms with van der Waals surface area (Å²) < 4.78 is 0. The Balaban J connectivity index is 1.52. The lowest BCUT2D eigenvalue weighted by Crippen LogP contribution is -2.25. The molecule has 4 fully saturated rings. The summed E-state index contributed by atoms with van der Waals surface area (Å²) in [6, 6.07) is 9.55. The molecule has 2 aromatic carbocycles. The number of phenols is 2. The predicted molar refractivity (Wildman–Crippen MR) is 158 cm³/mol. The summed E-state index contributed by atoms with van der Waals surface area (Å²) in [5.41, 5.74) is 7.29. The van der Waals surface area contributed by atoms with Gasteiger partial charge in [0.05, 0.1) is 0 Å². The molecule has 1 atom stereocenters. The molecule has 2 heteroatoms. The highest BCUT2D eigenvalue weighted by Gasteiger charge is 2.37. The molecule has 206 valence electrons. The number of hydrogen-bond donors (Lipinski definition) is 2. The zero-order valence-corrected chi connectivity index (χ0v) is 24.0. The Hall–Kier alpha value is -1.96. The van der Waals surface area contributed by atoms with Crippen LogP contribution in [0.3, 0.4) is 0 Å². The quantitative estimate of drug-likeness (QED) is 0.386. The van der Waals surface area contributed by atoms with Gasteiger partial charge in [-0.15, -0.1) is 0 Å². The van der Waals surface area contributed by atoms with Crippen LogP contribution in [0.5, 0.6) is 11.5 Å². The number of rotatable bonds is 7. The van der Waals surface area contributed by atoms with Gasteiger partial charge in [0.2, 0.25) is 0 Å². The van der Waals surface area contributed by atoms with E-state index in [-0.39, 0.29) is 5.41 Å². The van der Waals surface area contributed by atoms with Crippen molar-refractivity contribution in [3.8, 4) is 11.5 Å². The minimum absolute atomic E-state index is 0.277. The van der Waals surface area contributed by atoms with Crippen LogP contribution in [-0.4, -0.2) is 10.2 Å². The molecule has 0 spiro atoms. The number of phenolic OH excluding ortho intramolecular Hbond substituents is 2. The summed E-state index contributed by atoms with van der Waals surface area (Å²) in [5.74, 6) is 3.26. The van der Waals surface area contributed by atoms with Gasteiger partial charge in [0.25, 0.3) is 0 Å². The van der Waals surface area contributed by atoms with Crippen molar-refractivity contribution in [1.82, 2.24) is 0 Å². The zero-order valence-electron chi connectivity index (χ0n) is 24.0. The first-order valence-corrected chi connectivity index (χ1v) is 16.2. The summed E-state index contributed by atoms with van der Waals surface area (Å²) in [5, 5.41) is 23.6. The van der Waals surface area contributed by atoms with E-state index in [4.69, 9.17) is 0 Å². The van der Waals surface area contributed by atoms with Crippen LogP contribution in [0.25, 0.3) is 0 Å². The van der Waals surface area contributed by atoms with Gasteiger partial charge in [0, 0.05) is 11.0 Å². The Morgan fingerprint density at radius 1 is 0.579 bits per heavy atom. The summed E-state index contributed by atoms with van der Waals surface area (Å²) in [6.45, 7) is 4.68. The van der Waals surface area contributed by atoms with E-state index in [2.05, 4.69) is 38.1 Å². The first kappa shape index (κ1) is 26.3. The third-order valence-corrected chi connectivity index (χ3v) is 11.5. The second-order valence-electron chi connectivity index (χ2n) is 13.6. The second kappa shape index (κ2) is 10.9. The minimum Gasteiger partial charge on any atom is -0.507 e. The van der Waals surface area contributed by atoms with Crippen molar-refractivity contribution < 1.29 is 10.2 Å². The van der Waals surface area contributed by atoms with Crippen molar-refractivity contribution in [3.63, 3.8) is 0 Å². The summed E-state index contributed by atoms with van der Waals surface area (Å²) in [6.07, 6.45) is 21.0. The third-order valence-electron chi connectivity index (χ3n) is 11.5. The molecule has 2 aromatic rings. The van der Waals surface area contributed by atoms with E-state index in [1.54, 1.807) is 0 Å². The maximum atomic E-state index is 12.0. The van der Waals surface area contributed by atoms with Crippen LogP contribution in [0.1, 0.15) is 180 Å². The Morgan fingerprint density at radius 2 is 0.974 bits per heavy atom. The van der Waals surface area contributed by atoms with Gasteiger partial charge in [-0.3, -0.25) is 0 Å². The standard InChI is InChI=1S/C36H50O2/c1-3-36(2,29-22-31(26-16-8-9-17-26)34(37)32(23-29)27-18-10-11-19-27)33-21-28(24-12-4-5-13-24)20-30(35(33)38)25-14-6-7-15-25/h20-27,37-38H,3-19H2,1-2H3. The number of hydrogen-bond acceptors (Lipinski definition) is 2. The molecule has 2 N–H and O–H groups in total. The van der Waals surface area contributed by atoms with Crippen molar-refractivity contribution in [1.29, 1.82) is 0 Å². The molecule has 0 bridgehead atoms. The molecule has 2 nitrogen and oxygen atoms in total. The predicted octanol–water partition coefficient (Wildman–Crippen LogP) is 10.4. The van der Waals surface area contributed by atoms with Crippen molar-refractivity contribution in [2.45, 2.75) is 152 Å². The second-order valence-corrected chi connectivity index (χ2v) is 13.6. The van der Waals surface area contributed by atoms with Gasteiger partial charge in [-0.05, 0) is 109 Å². The van der Waals surface area contributed by atoms with Crippen LogP contribution in [-0.2, 0) is 5.41 Å². The van der Waals surface area contributed by atoms with Gasteiger partial charge in [-0.1, -0.05) is 89.5 Å². The van der Waals surface area contributed by atoms with E-state index in [1.165, 1.54) is 131 Å². The van der Waals surface area contributed by atoms with Gasteiger partial charge in [0.15, 0.2) is 0 Å². The number of aromatic hydroxyl groups is 2. The van der Waals surface area contributed by atoms with E-state index in [0.717, 1.165) is 12.0 Å². The van der Waals surface area contributed by atoms with Crippen LogP contribution < -0.4 is 0 Å². The maximum absolute atomic E-state index is 12.0. The largest absolute Gasteiger partial charge is 0.507 e. The van der Waals surface area contributed by atoms with Crippen LogP contribution in [0.2, 0.25) is 0 Å². The summed E-state index contributed by atoms with van der Waals surface area (Å²) in [7, 11) is 0. The molecule has 38 heavy (non-hydrogen) atoms. The number of benzene rings is 2. The average Bonchev–Trinajstić information content (AvgIpc) is 3.76. The van der Waals surface area contributed by atoms with Crippen LogP contribution in [0.15, 0.2) is 24.3 Å². The first-order valence-electron chi connectivity index (χ1n) is 16.2. The van der Waals surface area contributed by atoms with E-state index in [9.17, 15) is 10.2 Å². The normalized spacial score (nSPS) is 23.5. The average molecular weight is 515 g/mol. The third kappa shape index (κ3) is 4.69. The van der Waals surface area contributed by atoms with Crippen molar-refractivity contribution >= 4 is 0 Å². The van der Waals surface area contributed by atoms with Gasteiger partial charge in [-0.25, -0.2) is 0 Å². The lowest BCUT2D eigenvalue weighted by Gasteiger charge is -2.35. The lowest BCUT2D eigenvalue weighted by molar-refractivity contribution is 0.426. The molecule has 0 aliphatic heterocycles. The van der Waals surface area contributed by atoms with Gasteiger partial charge in [0.1, 0.15) is 11.5 Å². The molecule has 0 amide bonds. The molecule has 0 saturated heterocycles. The van der Waals surface area contributed by atoms with Crippen LogP contribution in [0.4, 0.5) is 0 Å². The molecule has 4 aliphatic rings. The van der Waals surface area contributed by atoms with Gasteiger partial charge >= 0.3 is 0 Å². The van der Waals surface area contributed by atoms with E-state index in [1.807, 2.05) is 0 Å². The molecular formula is C36H50O2. The fourth-order valence-corrected chi connectivity index (χ4v) is 8.79. The Morgan fingerprint density at radius 3 is 1.39 bits per heavy atom. The summed E-state index contributed by atoms with van der Waals surface area (Å²) in [4.78, 5) is 0. The maximum Gasteiger partial charge on any atom is 0.123 e. The molecule has 4 aliphatic carbocycles. The fourth-order valence-electron chi connectivity index (χ4n) is 8.79. The van der Waals surface area contributed by atoms with Crippen LogP contribution >= 0.6 is 0 Å². The van der Waals surface area contributed by atoms with E-state index >= 15 is 0 Å². The van der Waals surface area contributed by atoms with Gasteiger partial charge < -0.3 is 10.2 Å². The molecule has 0 radical (unpaired) electrons. The fraction of sp³-hybridized carbons (Fsp3) is 0.667. The molecular weight excluding hydrogens is 464 g/mol. The van der Waals surface area contributed by atoms with Crippen molar-refractivity contribution in [3.05, 3.63) is 57.6 Å². The Bertz CT molecular complexity index is 1090. The minimum atomic E-state index is -0.277. The molecule has 6 rings (SSSR count). The summed E-state index contributed by atoms with van der Waals surface area (Å²) >= 11 is 0. The molecule has 0 heterocycles. The highest BCUT2D eigenvalue weighted by molar-refractivity contribution is 5.57. The zero-order chi connectivity index (χ0) is 26.3. The molecule has 4 saturated carbocycles. The Kier molecular flexibility index (Phi) is 7.53. The topological polar surface area (TPSA) is 40.5 Å². The highest BCUT2D eigenvalue weighted by atomic mass is 16.3. The first-order chi connectivity index (χ1) is 18.5. The van der Waals surface area contributed by atoms with E-state index in [0.29, 0.717) is 35.2 Å². The monoisotopic (exact) mass is 514 g/mol. The van der Waals surface area contributed by atoms with Crippen molar-refractivity contribution in [2.75, 3.05) is 0 Å². The van der Waals surface area contributed by atoms with Crippen LogP contribution in [0, 0.1) is 0 Å². The molecule has 1 unspecified atom stereocenters. The highest BCUT2D eigenvalue weighted by Crippen LogP contribution is 2.52. The lowest BCUT2D eigenvalue weighted by atomic mass is 9.70. The Labute approximate surface area is 231 Å². The SMILES string of the molecule is CCC(C)(c1cc(C2CCCC2)c(O)c(C2CCCC2)c1)c1cc(C2CCCC2)cc(C2CCCC2)c1O. The van der Waals surface area contributed by atoms with Crippen molar-refractivity contribution in [2.24, 2.45) is 0 Å². The molecule has 0 aromatic heterocycles.